The molecule has 0 spiro atoms. The lowest BCUT2D eigenvalue weighted by molar-refractivity contribution is -0.194. The van der Waals surface area contributed by atoms with Crippen LogP contribution < -0.4 is 4.74 Å². The summed E-state index contributed by atoms with van der Waals surface area (Å²) in [5.74, 6) is 0.700. The molecule has 8 nitrogen and oxygen atoms in total. The quantitative estimate of drug-likeness (QED) is 0.144. The molecule has 1 aliphatic heterocycles. The van der Waals surface area contributed by atoms with E-state index in [9.17, 15) is 0 Å². The Hall–Kier alpha value is -4.31. The number of hydrogen-bond acceptors (Lipinski definition) is 7. The van der Waals surface area contributed by atoms with Gasteiger partial charge in [-0.3, -0.25) is 0 Å². The number of fused-ring (bicyclic) bond motifs is 2. The third-order valence-electron chi connectivity index (χ3n) is 8.16. The number of benzene rings is 4. The molecule has 0 amide bonds. The molecule has 0 unspecified atom stereocenters. The van der Waals surface area contributed by atoms with Crippen LogP contribution in [0.15, 0.2) is 109 Å². The van der Waals surface area contributed by atoms with Gasteiger partial charge in [-0.2, -0.15) is 5.10 Å². The predicted molar refractivity (Wildman–Crippen MR) is 177 cm³/mol. The van der Waals surface area contributed by atoms with Gasteiger partial charge in [-0.05, 0) is 41.8 Å². The topological polar surface area (TPSA) is 76.9 Å². The molecule has 7 rings (SSSR count). The smallest absolute Gasteiger partial charge is 0.189 e. The highest BCUT2D eigenvalue weighted by Gasteiger charge is 2.49. The van der Waals surface area contributed by atoms with Gasteiger partial charge in [0.2, 0.25) is 0 Å². The molecule has 3 heterocycles. The third kappa shape index (κ3) is 6.23. The standard InChI is InChI=1S/C37H34ClN3O5/c1-24-31-32(38)29-20-28(42-2)18-19-30(29)39-35(31)41(40-24)36-33(43-21-25-12-6-3-7-13-25)34(44-22-26-14-8-4-9-15-26)37(46-36)45-23-27-16-10-5-11-17-27/h3-20,33-34,36-37H,21-23H2,1-2H3/t33-,34+,36-,37+/m1/s1. The van der Waals surface area contributed by atoms with Crippen LogP contribution in [0.2, 0.25) is 5.02 Å². The van der Waals surface area contributed by atoms with Gasteiger partial charge in [0.15, 0.2) is 18.2 Å². The molecule has 4 aromatic carbocycles. The first-order valence-corrected chi connectivity index (χ1v) is 15.6. The first-order chi connectivity index (χ1) is 22.6. The number of ether oxygens (including phenoxy) is 5. The molecule has 2 aromatic heterocycles. The number of nitrogens with zero attached hydrogens (tertiary/aromatic N) is 3. The molecule has 1 aliphatic rings. The Morgan fingerprint density at radius 1 is 0.739 bits per heavy atom. The van der Waals surface area contributed by atoms with Gasteiger partial charge in [-0.15, -0.1) is 0 Å². The van der Waals surface area contributed by atoms with Crippen LogP contribution in [0.4, 0.5) is 0 Å². The van der Waals surface area contributed by atoms with E-state index in [4.69, 9.17) is 45.4 Å². The van der Waals surface area contributed by atoms with Crippen molar-refractivity contribution in [3.63, 3.8) is 0 Å². The molecule has 234 valence electrons. The SMILES string of the molecule is COc1ccc2nc3c(c(C)nn3[C@@H]3O[C@H](OCc4ccccc4)[C@@H](OCc4ccccc4)[C@H]3OCc3ccccc3)c(Cl)c2c1. The zero-order valence-corrected chi connectivity index (χ0v) is 26.3. The van der Waals surface area contributed by atoms with Gasteiger partial charge in [0, 0.05) is 5.39 Å². The zero-order chi connectivity index (χ0) is 31.5. The fraction of sp³-hybridized carbons (Fsp3) is 0.243. The lowest BCUT2D eigenvalue weighted by Gasteiger charge is -2.25. The van der Waals surface area contributed by atoms with Crippen LogP contribution in [-0.2, 0) is 38.8 Å². The summed E-state index contributed by atoms with van der Waals surface area (Å²) < 4.78 is 33.6. The Balaban J connectivity index is 1.29. The number of methoxy groups -OCH3 is 1. The van der Waals surface area contributed by atoms with E-state index < -0.39 is 24.7 Å². The Labute approximate surface area is 272 Å². The maximum atomic E-state index is 7.03. The highest BCUT2D eigenvalue weighted by molar-refractivity contribution is 6.40. The van der Waals surface area contributed by atoms with E-state index in [1.54, 1.807) is 11.8 Å². The van der Waals surface area contributed by atoms with Crippen LogP contribution in [0.1, 0.15) is 28.6 Å². The largest absolute Gasteiger partial charge is 0.497 e. The number of hydrogen-bond donors (Lipinski definition) is 0. The van der Waals surface area contributed by atoms with E-state index in [2.05, 4.69) is 0 Å². The third-order valence-corrected chi connectivity index (χ3v) is 8.55. The molecule has 0 radical (unpaired) electrons. The summed E-state index contributed by atoms with van der Waals surface area (Å²) in [7, 11) is 1.63. The van der Waals surface area contributed by atoms with Gasteiger partial charge in [-0.25, -0.2) is 9.67 Å². The first kappa shape index (κ1) is 30.3. The molecule has 1 saturated heterocycles. The summed E-state index contributed by atoms with van der Waals surface area (Å²) in [6.45, 7) is 2.95. The Bertz CT molecular complexity index is 1920. The van der Waals surface area contributed by atoms with Crippen molar-refractivity contribution in [2.75, 3.05) is 7.11 Å². The van der Waals surface area contributed by atoms with Crippen LogP contribution in [0.5, 0.6) is 5.75 Å². The summed E-state index contributed by atoms with van der Waals surface area (Å²) in [5, 5.41) is 7.01. The first-order valence-electron chi connectivity index (χ1n) is 15.2. The summed E-state index contributed by atoms with van der Waals surface area (Å²) in [4.78, 5) is 5.01. The number of rotatable bonds is 11. The van der Waals surface area contributed by atoms with Crippen molar-refractivity contribution in [2.45, 2.75) is 51.5 Å². The number of aryl methyl sites for hydroxylation is 1. The minimum absolute atomic E-state index is 0.338. The minimum atomic E-state index is -0.755. The molecule has 0 N–H and O–H groups in total. The molecule has 9 heteroatoms. The summed E-state index contributed by atoms with van der Waals surface area (Å²) in [6, 6.07) is 35.7. The molecular formula is C37H34ClN3O5. The Morgan fingerprint density at radius 3 is 1.89 bits per heavy atom. The van der Waals surface area contributed by atoms with Gasteiger partial charge < -0.3 is 23.7 Å². The monoisotopic (exact) mass is 635 g/mol. The summed E-state index contributed by atoms with van der Waals surface area (Å²) >= 11 is 7.03. The molecule has 0 saturated carbocycles. The summed E-state index contributed by atoms with van der Waals surface area (Å²) in [6.07, 6.45) is -2.66. The maximum Gasteiger partial charge on any atom is 0.189 e. The molecule has 4 atom stereocenters. The van der Waals surface area contributed by atoms with Crippen LogP contribution >= 0.6 is 11.6 Å². The van der Waals surface area contributed by atoms with Gasteiger partial charge in [-0.1, -0.05) is 103 Å². The van der Waals surface area contributed by atoms with Crippen molar-refractivity contribution < 1.29 is 23.7 Å². The van der Waals surface area contributed by atoms with Gasteiger partial charge in [0.05, 0.1) is 48.5 Å². The Kier molecular flexibility index (Phi) is 8.96. The average Bonchev–Trinajstić information content (AvgIpc) is 3.62. The average molecular weight is 636 g/mol. The summed E-state index contributed by atoms with van der Waals surface area (Å²) in [5.41, 5.74) is 5.11. The van der Waals surface area contributed by atoms with Gasteiger partial charge in [0.25, 0.3) is 0 Å². The minimum Gasteiger partial charge on any atom is -0.497 e. The van der Waals surface area contributed by atoms with E-state index in [1.165, 1.54) is 0 Å². The van der Waals surface area contributed by atoms with E-state index in [1.807, 2.05) is 116 Å². The normalized spacial score (nSPS) is 19.6. The molecule has 6 aromatic rings. The van der Waals surface area contributed by atoms with Gasteiger partial charge in [0.1, 0.15) is 18.0 Å². The van der Waals surface area contributed by atoms with E-state index in [0.717, 1.165) is 33.2 Å². The lowest BCUT2D eigenvalue weighted by Crippen LogP contribution is -2.37. The molecular weight excluding hydrogens is 602 g/mol. The molecule has 46 heavy (non-hydrogen) atoms. The number of aromatic nitrogens is 3. The van der Waals surface area contributed by atoms with E-state index in [0.29, 0.717) is 41.8 Å². The van der Waals surface area contributed by atoms with Crippen molar-refractivity contribution in [3.8, 4) is 5.75 Å². The van der Waals surface area contributed by atoms with Gasteiger partial charge >= 0.3 is 0 Å². The van der Waals surface area contributed by atoms with E-state index >= 15 is 0 Å². The fourth-order valence-corrected chi connectivity index (χ4v) is 6.19. The van der Waals surface area contributed by atoms with Crippen LogP contribution in [0, 0.1) is 6.92 Å². The molecule has 0 aliphatic carbocycles. The number of pyridine rings is 1. The van der Waals surface area contributed by atoms with Crippen molar-refractivity contribution >= 4 is 33.5 Å². The second-order valence-electron chi connectivity index (χ2n) is 11.3. The predicted octanol–water partition coefficient (Wildman–Crippen LogP) is 7.80. The van der Waals surface area contributed by atoms with E-state index in [-0.39, 0.29) is 0 Å². The fourth-order valence-electron chi connectivity index (χ4n) is 5.82. The molecule has 1 fully saturated rings. The molecule has 0 bridgehead atoms. The lowest BCUT2D eigenvalue weighted by atomic mass is 10.1. The highest BCUT2D eigenvalue weighted by atomic mass is 35.5. The van der Waals surface area contributed by atoms with Crippen molar-refractivity contribution in [1.29, 1.82) is 0 Å². The zero-order valence-electron chi connectivity index (χ0n) is 25.6. The highest BCUT2D eigenvalue weighted by Crippen LogP contribution is 2.40. The van der Waals surface area contributed by atoms with Crippen LogP contribution in [0.25, 0.3) is 21.9 Å². The number of halogens is 1. The van der Waals surface area contributed by atoms with Crippen molar-refractivity contribution in [2.24, 2.45) is 0 Å². The second kappa shape index (κ2) is 13.6. The van der Waals surface area contributed by atoms with Crippen molar-refractivity contribution in [3.05, 3.63) is 137 Å². The van der Waals surface area contributed by atoms with Crippen LogP contribution in [0.3, 0.4) is 0 Å². The Morgan fingerprint density at radius 2 is 1.30 bits per heavy atom. The van der Waals surface area contributed by atoms with Crippen LogP contribution in [-0.4, -0.2) is 40.4 Å². The maximum absolute atomic E-state index is 7.03. The van der Waals surface area contributed by atoms with Crippen molar-refractivity contribution in [1.82, 2.24) is 14.8 Å². The second-order valence-corrected chi connectivity index (χ2v) is 11.6.